The second-order valence-electron chi connectivity index (χ2n) is 11.4. The van der Waals surface area contributed by atoms with Gasteiger partial charge in [0.05, 0.1) is 0 Å². The van der Waals surface area contributed by atoms with Gasteiger partial charge < -0.3 is 10.2 Å². The van der Waals surface area contributed by atoms with E-state index in [0.717, 1.165) is 12.8 Å². The van der Waals surface area contributed by atoms with Crippen molar-refractivity contribution in [1.29, 1.82) is 0 Å². The lowest BCUT2D eigenvalue weighted by atomic mass is 9.77. The third-order valence-corrected chi connectivity index (χ3v) is 8.56. The number of benzene rings is 5. The molecule has 0 aromatic heterocycles. The summed E-state index contributed by atoms with van der Waals surface area (Å²) in [7, 11) is 0. The molecule has 4 aliphatic carbocycles. The lowest BCUT2D eigenvalue weighted by Crippen LogP contribution is -2.18. The molecule has 2 nitrogen and oxygen atoms in total. The van der Waals surface area contributed by atoms with Gasteiger partial charge in [0, 0.05) is 17.3 Å². The average Bonchev–Trinajstić information content (AvgIpc) is 3.03. The Hall–Kier alpha value is -4.30. The molecule has 9 rings (SSSR count). The monoisotopic (exact) mass is 510 g/mol. The summed E-state index contributed by atoms with van der Waals surface area (Å²) < 4.78 is 0. The van der Waals surface area contributed by atoms with Crippen LogP contribution < -0.4 is 0 Å². The van der Waals surface area contributed by atoms with Crippen molar-refractivity contribution in [2.24, 2.45) is 0 Å². The van der Waals surface area contributed by atoms with Gasteiger partial charge in [0.15, 0.2) is 0 Å². The SMILES string of the molecule is CC(C)(c1ccc(O)cc1)c1ccc(CC2c3ccc(cc3)CC(c3ccc(O)cc3)c3ccc2cc3)cc1. The van der Waals surface area contributed by atoms with Crippen molar-refractivity contribution in [2.75, 3.05) is 0 Å². The van der Waals surface area contributed by atoms with Gasteiger partial charge in [0.1, 0.15) is 11.5 Å². The topological polar surface area (TPSA) is 40.5 Å². The highest BCUT2D eigenvalue weighted by molar-refractivity contribution is 5.45. The van der Waals surface area contributed by atoms with E-state index in [9.17, 15) is 10.2 Å². The first-order chi connectivity index (χ1) is 18.9. The summed E-state index contributed by atoms with van der Waals surface area (Å²) in [5.41, 5.74) is 10.1. The lowest BCUT2D eigenvalue weighted by Gasteiger charge is -2.27. The number of phenolic OH excluding ortho intramolecular Hbond substituents is 2. The highest BCUT2D eigenvalue weighted by Crippen LogP contribution is 2.37. The Morgan fingerprint density at radius 2 is 0.949 bits per heavy atom. The predicted octanol–water partition coefficient (Wildman–Crippen LogP) is 8.49. The van der Waals surface area contributed by atoms with Crippen LogP contribution >= 0.6 is 0 Å². The molecule has 4 aliphatic rings. The Morgan fingerprint density at radius 1 is 0.538 bits per heavy atom. The van der Waals surface area contributed by atoms with E-state index in [-0.39, 0.29) is 17.3 Å². The molecule has 5 aromatic carbocycles. The van der Waals surface area contributed by atoms with E-state index in [1.54, 1.807) is 24.3 Å². The Balaban J connectivity index is 1.30. The van der Waals surface area contributed by atoms with Gasteiger partial charge in [-0.05, 0) is 81.6 Å². The Bertz CT molecular complexity index is 1540. The van der Waals surface area contributed by atoms with E-state index in [1.165, 1.54) is 44.5 Å². The summed E-state index contributed by atoms with van der Waals surface area (Å²) in [6, 6.07) is 42.6. The number of hydrogen-bond acceptors (Lipinski definition) is 2. The molecule has 194 valence electrons. The summed E-state index contributed by atoms with van der Waals surface area (Å²) in [5, 5.41) is 19.5. The third kappa shape index (κ3) is 5.07. The molecule has 0 fully saturated rings. The van der Waals surface area contributed by atoms with Gasteiger partial charge in [-0.25, -0.2) is 0 Å². The fraction of sp³-hybridized carbons (Fsp3) is 0.189. The van der Waals surface area contributed by atoms with Crippen LogP contribution in [0.2, 0.25) is 0 Å². The van der Waals surface area contributed by atoms with Gasteiger partial charge in [0.2, 0.25) is 0 Å². The molecular formula is C37H34O2. The molecule has 2 N–H and O–H groups in total. The van der Waals surface area contributed by atoms with Crippen molar-refractivity contribution in [3.05, 3.63) is 166 Å². The van der Waals surface area contributed by atoms with Gasteiger partial charge in [-0.3, -0.25) is 0 Å². The highest BCUT2D eigenvalue weighted by atomic mass is 16.3. The number of aromatic hydroxyl groups is 2. The summed E-state index contributed by atoms with van der Waals surface area (Å²) >= 11 is 0. The van der Waals surface area contributed by atoms with Crippen LogP contribution in [0.1, 0.15) is 70.2 Å². The Kier molecular flexibility index (Phi) is 6.48. The Labute approximate surface area is 231 Å². The number of rotatable bonds is 5. The zero-order valence-electron chi connectivity index (χ0n) is 22.5. The average molecular weight is 511 g/mol. The zero-order chi connectivity index (χ0) is 27.0. The van der Waals surface area contributed by atoms with Gasteiger partial charge in [-0.2, -0.15) is 0 Å². The predicted molar refractivity (Wildman–Crippen MR) is 159 cm³/mol. The molecule has 2 heteroatoms. The molecule has 5 aromatic rings. The zero-order valence-corrected chi connectivity index (χ0v) is 22.5. The molecular weight excluding hydrogens is 476 g/mol. The highest BCUT2D eigenvalue weighted by Gasteiger charge is 2.24. The standard InChI is InChI=1S/C37H34O2/c1-37(2,32-17-21-34(39)22-18-32)31-15-5-26(6-16-31)24-35-27-7-3-25(4-8-27)23-36(29-11-9-28(35)10-12-29)30-13-19-33(38)20-14-30/h3-22,35-36,38-39H,23-24H2,1-2H3. The third-order valence-electron chi connectivity index (χ3n) is 8.56. The van der Waals surface area contributed by atoms with E-state index in [0.29, 0.717) is 11.5 Å². The minimum Gasteiger partial charge on any atom is -0.508 e. The molecule has 2 atom stereocenters. The largest absolute Gasteiger partial charge is 0.508 e. The smallest absolute Gasteiger partial charge is 0.115 e. The van der Waals surface area contributed by atoms with E-state index in [2.05, 4.69) is 86.6 Å². The quantitative estimate of drug-likeness (QED) is 0.249. The van der Waals surface area contributed by atoms with E-state index < -0.39 is 0 Å². The van der Waals surface area contributed by atoms with Crippen molar-refractivity contribution in [3.63, 3.8) is 0 Å². The normalized spacial score (nSPS) is 16.7. The van der Waals surface area contributed by atoms with Gasteiger partial charge in [-0.1, -0.05) is 111 Å². The molecule has 0 spiro atoms. The fourth-order valence-corrected chi connectivity index (χ4v) is 5.98. The first-order valence-electron chi connectivity index (χ1n) is 13.7. The van der Waals surface area contributed by atoms with Crippen molar-refractivity contribution < 1.29 is 10.2 Å². The van der Waals surface area contributed by atoms with Crippen molar-refractivity contribution in [2.45, 2.75) is 43.9 Å². The second kappa shape index (κ2) is 10.1. The molecule has 39 heavy (non-hydrogen) atoms. The molecule has 0 heterocycles. The maximum atomic E-state index is 9.80. The first kappa shape index (κ1) is 25.0. The van der Waals surface area contributed by atoms with Crippen molar-refractivity contribution >= 4 is 0 Å². The maximum Gasteiger partial charge on any atom is 0.115 e. The summed E-state index contributed by atoms with van der Waals surface area (Å²) in [5.74, 6) is 1.11. The van der Waals surface area contributed by atoms with E-state index >= 15 is 0 Å². The van der Waals surface area contributed by atoms with E-state index in [1.807, 2.05) is 24.3 Å². The van der Waals surface area contributed by atoms with Crippen molar-refractivity contribution in [1.82, 2.24) is 0 Å². The van der Waals surface area contributed by atoms with Crippen LogP contribution in [0.25, 0.3) is 0 Å². The Morgan fingerprint density at radius 3 is 1.49 bits per heavy atom. The number of hydrogen-bond donors (Lipinski definition) is 2. The summed E-state index contributed by atoms with van der Waals surface area (Å²) in [6.45, 7) is 4.46. The first-order valence-corrected chi connectivity index (χ1v) is 13.7. The molecule has 0 saturated carbocycles. The van der Waals surface area contributed by atoms with Crippen LogP contribution in [0, 0.1) is 0 Å². The van der Waals surface area contributed by atoms with Gasteiger partial charge >= 0.3 is 0 Å². The second-order valence-corrected chi connectivity index (χ2v) is 11.4. The lowest BCUT2D eigenvalue weighted by molar-refractivity contribution is 0.474. The molecule has 0 amide bonds. The molecule has 0 radical (unpaired) electrons. The number of phenols is 2. The van der Waals surface area contributed by atoms with Crippen LogP contribution in [0.15, 0.2) is 121 Å². The molecule has 0 aliphatic heterocycles. The minimum atomic E-state index is -0.152. The van der Waals surface area contributed by atoms with E-state index in [4.69, 9.17) is 0 Å². The summed E-state index contributed by atoms with van der Waals surface area (Å²) in [6.07, 6.45) is 1.85. The van der Waals surface area contributed by atoms with Crippen molar-refractivity contribution in [3.8, 4) is 11.5 Å². The summed E-state index contributed by atoms with van der Waals surface area (Å²) in [4.78, 5) is 0. The van der Waals surface area contributed by atoms with Gasteiger partial charge in [-0.15, -0.1) is 0 Å². The maximum absolute atomic E-state index is 9.80. The van der Waals surface area contributed by atoms with Crippen LogP contribution in [-0.4, -0.2) is 10.2 Å². The van der Waals surface area contributed by atoms with Crippen LogP contribution in [0.3, 0.4) is 0 Å². The van der Waals surface area contributed by atoms with Crippen LogP contribution in [0.5, 0.6) is 11.5 Å². The van der Waals surface area contributed by atoms with Crippen LogP contribution in [0.4, 0.5) is 0 Å². The fourth-order valence-electron chi connectivity index (χ4n) is 5.98. The minimum absolute atomic E-state index is 0.152. The molecule has 2 unspecified atom stereocenters. The van der Waals surface area contributed by atoms with Gasteiger partial charge in [0.25, 0.3) is 0 Å². The van der Waals surface area contributed by atoms with Crippen LogP contribution in [-0.2, 0) is 18.3 Å². The molecule has 4 bridgehead atoms. The molecule has 0 saturated heterocycles.